The van der Waals surface area contributed by atoms with Crippen molar-refractivity contribution in [2.75, 3.05) is 19.9 Å². The highest BCUT2D eigenvalue weighted by atomic mass is 32.2. The molecular formula is C23H24F4N2O4S. The Bertz CT molecular complexity index is 1200. The second-order valence-corrected chi connectivity index (χ2v) is 10.7. The second kappa shape index (κ2) is 8.94. The summed E-state index contributed by atoms with van der Waals surface area (Å²) in [6, 6.07) is 5.31. The number of carbonyl (C=O) groups excluding carboxylic acids is 1. The average molecular weight is 501 g/mol. The fourth-order valence-electron chi connectivity index (χ4n) is 4.80. The van der Waals surface area contributed by atoms with Crippen LogP contribution < -0.4 is 4.72 Å². The van der Waals surface area contributed by atoms with Gasteiger partial charge in [-0.25, -0.2) is 30.7 Å². The fourth-order valence-corrected chi connectivity index (χ4v) is 5.67. The van der Waals surface area contributed by atoms with Gasteiger partial charge in [-0.1, -0.05) is 18.2 Å². The topological polar surface area (TPSA) is 75.7 Å². The number of hydrogen-bond acceptors (Lipinski definition) is 4. The van der Waals surface area contributed by atoms with Crippen molar-refractivity contribution in [1.29, 1.82) is 0 Å². The molecule has 34 heavy (non-hydrogen) atoms. The molecule has 1 spiro atoms. The van der Waals surface area contributed by atoms with E-state index in [1.54, 1.807) is 0 Å². The Labute approximate surface area is 194 Å². The maximum Gasteiger partial charge on any atom is 0.285 e. The molecule has 0 aromatic heterocycles. The summed E-state index contributed by atoms with van der Waals surface area (Å²) >= 11 is 0. The monoisotopic (exact) mass is 500 g/mol. The molecule has 1 aliphatic carbocycles. The van der Waals surface area contributed by atoms with Crippen LogP contribution in [0.2, 0.25) is 0 Å². The molecule has 6 nitrogen and oxygen atoms in total. The van der Waals surface area contributed by atoms with E-state index in [0.717, 1.165) is 25.5 Å². The van der Waals surface area contributed by atoms with Crippen LogP contribution in [-0.2, 0) is 26.0 Å². The van der Waals surface area contributed by atoms with E-state index >= 15 is 4.39 Å². The predicted molar refractivity (Wildman–Crippen MR) is 116 cm³/mol. The average Bonchev–Trinajstić information content (AvgIpc) is 3.48. The van der Waals surface area contributed by atoms with Gasteiger partial charge in [0.25, 0.3) is 12.3 Å². The Hall–Kier alpha value is -2.50. The summed E-state index contributed by atoms with van der Waals surface area (Å²) in [6.07, 6.45) is -0.168. The Morgan fingerprint density at radius 2 is 1.85 bits per heavy atom. The first-order valence-electron chi connectivity index (χ1n) is 10.6. The molecule has 2 fully saturated rings. The molecule has 1 aliphatic heterocycles. The van der Waals surface area contributed by atoms with E-state index in [1.165, 1.54) is 23.1 Å². The van der Waals surface area contributed by atoms with Crippen LogP contribution in [0.15, 0.2) is 36.4 Å². The highest BCUT2D eigenvalue weighted by Crippen LogP contribution is 2.55. The molecular weight excluding hydrogens is 476 g/mol. The molecule has 3 unspecified atom stereocenters. The van der Waals surface area contributed by atoms with E-state index in [-0.39, 0.29) is 29.7 Å². The van der Waals surface area contributed by atoms with Gasteiger partial charge >= 0.3 is 0 Å². The van der Waals surface area contributed by atoms with Crippen LogP contribution in [-0.4, -0.2) is 57.6 Å². The van der Waals surface area contributed by atoms with Gasteiger partial charge in [-0.15, -0.1) is 0 Å². The maximum absolute atomic E-state index is 15.5. The van der Waals surface area contributed by atoms with Crippen molar-refractivity contribution < 1.29 is 35.5 Å². The number of hydrogen-bond donors (Lipinski definition) is 1. The summed E-state index contributed by atoms with van der Waals surface area (Å²) in [7, 11) is -2.66. The van der Waals surface area contributed by atoms with Gasteiger partial charge < -0.3 is 9.64 Å². The zero-order valence-corrected chi connectivity index (χ0v) is 19.3. The lowest BCUT2D eigenvalue weighted by molar-refractivity contribution is -0.153. The molecule has 2 aromatic rings. The molecule has 1 saturated heterocycles. The van der Waals surface area contributed by atoms with Gasteiger partial charge in [0.2, 0.25) is 10.0 Å². The number of rotatable bonds is 7. The van der Waals surface area contributed by atoms with Crippen molar-refractivity contribution in [2.45, 2.75) is 37.7 Å². The summed E-state index contributed by atoms with van der Waals surface area (Å²) in [5.74, 6) is -3.47. The SMILES string of the molecule is COC(F)C(=O)N1CC2(CC2)C(NS(C)(=O)=O)C1Cc1cccc(-c2cc(F)cc(F)c2)c1F. The minimum Gasteiger partial charge on any atom is -0.344 e. The number of likely N-dealkylation sites (tertiary alicyclic amines) is 1. The Morgan fingerprint density at radius 3 is 2.41 bits per heavy atom. The van der Waals surface area contributed by atoms with Crippen LogP contribution in [0.1, 0.15) is 18.4 Å². The largest absolute Gasteiger partial charge is 0.344 e. The number of nitrogens with zero attached hydrogens (tertiary/aromatic N) is 1. The highest BCUT2D eigenvalue weighted by Gasteiger charge is 2.61. The molecule has 1 N–H and O–H groups in total. The van der Waals surface area contributed by atoms with Crippen molar-refractivity contribution in [3.05, 3.63) is 59.4 Å². The van der Waals surface area contributed by atoms with Gasteiger partial charge in [-0.2, -0.15) is 0 Å². The van der Waals surface area contributed by atoms with Gasteiger partial charge in [0.05, 0.1) is 12.3 Å². The number of amides is 1. The van der Waals surface area contributed by atoms with Crippen LogP contribution in [0.3, 0.4) is 0 Å². The lowest BCUT2D eigenvalue weighted by atomic mass is 9.91. The fraction of sp³-hybridized carbons (Fsp3) is 0.435. The summed E-state index contributed by atoms with van der Waals surface area (Å²) in [5, 5.41) is 0. The van der Waals surface area contributed by atoms with E-state index in [9.17, 15) is 26.4 Å². The molecule has 4 rings (SSSR count). The summed E-state index contributed by atoms with van der Waals surface area (Å²) in [6.45, 7) is 0.101. The molecule has 11 heteroatoms. The lowest BCUT2D eigenvalue weighted by Crippen LogP contribution is -2.50. The molecule has 0 bridgehead atoms. The molecule has 1 heterocycles. The number of carbonyl (C=O) groups is 1. The standard InChI is InChI=1S/C23H24F4N2O4S/c1-33-21(27)22(30)29-12-23(6-7-23)20(28-34(2,31)32)18(29)10-13-4-3-5-17(19(13)26)14-8-15(24)11-16(25)9-14/h3-5,8-9,11,18,20-21,28H,6-7,10,12H2,1-2H3. The van der Waals surface area contributed by atoms with Gasteiger partial charge in [-0.05, 0) is 42.5 Å². The van der Waals surface area contributed by atoms with E-state index in [2.05, 4.69) is 9.46 Å². The lowest BCUT2D eigenvalue weighted by Gasteiger charge is -2.30. The van der Waals surface area contributed by atoms with E-state index in [1.807, 2.05) is 0 Å². The molecule has 184 valence electrons. The molecule has 1 saturated carbocycles. The first-order chi connectivity index (χ1) is 15.9. The Balaban J connectivity index is 1.73. The third-order valence-corrected chi connectivity index (χ3v) is 7.21. The first kappa shape index (κ1) is 24.6. The number of halogens is 4. The normalized spacial score (nSPS) is 22.2. The smallest absolute Gasteiger partial charge is 0.285 e. The highest BCUT2D eigenvalue weighted by molar-refractivity contribution is 7.88. The van der Waals surface area contributed by atoms with Crippen molar-refractivity contribution in [3.8, 4) is 11.1 Å². The number of sulfonamides is 1. The predicted octanol–water partition coefficient (Wildman–Crippen LogP) is 3.16. The summed E-state index contributed by atoms with van der Waals surface area (Å²) < 4.78 is 88.3. The number of benzene rings is 2. The summed E-state index contributed by atoms with van der Waals surface area (Å²) in [4.78, 5) is 13.9. The van der Waals surface area contributed by atoms with Crippen LogP contribution in [0.4, 0.5) is 17.6 Å². The number of ether oxygens (including phenoxy) is 1. The quantitative estimate of drug-likeness (QED) is 0.593. The minimum absolute atomic E-state index is 0.0103. The van der Waals surface area contributed by atoms with E-state index in [0.29, 0.717) is 18.9 Å². The van der Waals surface area contributed by atoms with Gasteiger partial charge in [-0.3, -0.25) is 4.79 Å². The van der Waals surface area contributed by atoms with Gasteiger partial charge in [0.1, 0.15) is 17.5 Å². The zero-order chi connectivity index (χ0) is 24.8. The molecule has 1 amide bonds. The molecule has 3 atom stereocenters. The maximum atomic E-state index is 15.5. The van der Waals surface area contributed by atoms with Crippen LogP contribution in [0, 0.1) is 22.9 Å². The van der Waals surface area contributed by atoms with Crippen LogP contribution in [0.5, 0.6) is 0 Å². The third kappa shape index (κ3) is 4.82. The third-order valence-electron chi connectivity index (χ3n) is 6.53. The molecule has 0 radical (unpaired) electrons. The number of methoxy groups -OCH3 is 1. The summed E-state index contributed by atoms with van der Waals surface area (Å²) in [5.41, 5.74) is -0.545. The Morgan fingerprint density at radius 1 is 1.21 bits per heavy atom. The van der Waals surface area contributed by atoms with Gasteiger partial charge in [0.15, 0.2) is 0 Å². The molecule has 2 aromatic carbocycles. The van der Waals surface area contributed by atoms with Crippen molar-refractivity contribution in [1.82, 2.24) is 9.62 Å². The van der Waals surface area contributed by atoms with Gasteiger partial charge in [0, 0.05) is 36.7 Å². The van der Waals surface area contributed by atoms with E-state index in [4.69, 9.17) is 0 Å². The van der Waals surface area contributed by atoms with Crippen LogP contribution >= 0.6 is 0 Å². The number of nitrogens with one attached hydrogen (secondary N) is 1. The van der Waals surface area contributed by atoms with Crippen molar-refractivity contribution in [2.24, 2.45) is 5.41 Å². The second-order valence-electron chi connectivity index (χ2n) is 8.96. The zero-order valence-electron chi connectivity index (χ0n) is 18.5. The Kier molecular flexibility index (Phi) is 6.47. The first-order valence-corrected chi connectivity index (χ1v) is 12.5. The van der Waals surface area contributed by atoms with E-state index < -0.39 is 57.2 Å². The minimum atomic E-state index is -3.70. The molecule has 2 aliphatic rings. The van der Waals surface area contributed by atoms with Crippen LogP contribution in [0.25, 0.3) is 11.1 Å². The van der Waals surface area contributed by atoms with Crippen molar-refractivity contribution >= 4 is 15.9 Å². The number of alkyl halides is 1. The van der Waals surface area contributed by atoms with Crippen molar-refractivity contribution in [3.63, 3.8) is 0 Å².